The van der Waals surface area contributed by atoms with Crippen LogP contribution in [0.4, 0.5) is 0 Å². The van der Waals surface area contributed by atoms with Crippen LogP contribution in [0.5, 0.6) is 0 Å². The van der Waals surface area contributed by atoms with Crippen LogP contribution in [0, 0.1) is 0 Å². The van der Waals surface area contributed by atoms with E-state index in [-0.39, 0.29) is 11.8 Å². The molecule has 0 radical (unpaired) electrons. The van der Waals surface area contributed by atoms with E-state index in [4.69, 9.17) is 4.52 Å². The molecule has 0 N–H and O–H groups in total. The van der Waals surface area contributed by atoms with Crippen molar-refractivity contribution in [2.24, 2.45) is 7.05 Å². The molecule has 1 fully saturated rings. The molecule has 3 aromatic heterocycles. The normalized spacial score (nSPS) is 17.4. The lowest BCUT2D eigenvalue weighted by Crippen LogP contribution is -2.39. The molecule has 1 aliphatic rings. The van der Waals surface area contributed by atoms with E-state index in [1.807, 2.05) is 34.2 Å². The van der Waals surface area contributed by atoms with Crippen LogP contribution in [0.15, 0.2) is 29.3 Å². The van der Waals surface area contributed by atoms with E-state index in [1.165, 1.54) is 0 Å². The van der Waals surface area contributed by atoms with Crippen molar-refractivity contribution >= 4 is 5.91 Å². The number of rotatable bonds is 5. The summed E-state index contributed by atoms with van der Waals surface area (Å²) in [6.45, 7) is 3.94. The summed E-state index contributed by atoms with van der Waals surface area (Å²) in [5.41, 5.74) is 0.381. The Morgan fingerprint density at radius 1 is 1.37 bits per heavy atom. The number of hydrogen-bond acceptors (Lipinski definition) is 6. The first-order valence-electron chi connectivity index (χ1n) is 9.24. The summed E-state index contributed by atoms with van der Waals surface area (Å²) in [4.78, 5) is 18.7. The summed E-state index contributed by atoms with van der Waals surface area (Å²) in [6, 6.07) is 1.73. The van der Waals surface area contributed by atoms with Crippen molar-refractivity contribution in [3.63, 3.8) is 0 Å². The lowest BCUT2D eigenvalue weighted by atomic mass is 9.97. The molecule has 0 saturated carbocycles. The lowest BCUT2D eigenvalue weighted by molar-refractivity contribution is 0.0693. The molecular weight excluding hydrogens is 346 g/mol. The van der Waals surface area contributed by atoms with Gasteiger partial charge in [0.1, 0.15) is 11.6 Å². The van der Waals surface area contributed by atoms with Crippen LogP contribution in [0.25, 0.3) is 0 Å². The molecule has 1 amide bonds. The SMILES string of the molecule is CCc1cc(C(=O)N2CCC[C@@H](c3nnc(Cn4ccnc4)n3C)C2)no1. The molecule has 0 unspecified atom stereocenters. The Bertz CT molecular complexity index is 912. The highest BCUT2D eigenvalue weighted by Crippen LogP contribution is 2.27. The molecule has 9 heteroatoms. The van der Waals surface area contributed by atoms with E-state index >= 15 is 0 Å². The number of aryl methyl sites for hydroxylation is 1. The Labute approximate surface area is 157 Å². The Morgan fingerprint density at radius 3 is 3.00 bits per heavy atom. The molecule has 0 aliphatic carbocycles. The maximum absolute atomic E-state index is 12.8. The first kappa shape index (κ1) is 17.4. The van der Waals surface area contributed by atoms with Crippen LogP contribution in [0.3, 0.4) is 0 Å². The molecule has 1 saturated heterocycles. The summed E-state index contributed by atoms with van der Waals surface area (Å²) in [5, 5.41) is 12.7. The maximum atomic E-state index is 12.8. The zero-order valence-corrected chi connectivity index (χ0v) is 15.6. The third kappa shape index (κ3) is 3.49. The molecule has 0 spiro atoms. The smallest absolute Gasteiger partial charge is 0.276 e. The Hall–Kier alpha value is -2.97. The number of amides is 1. The third-order valence-electron chi connectivity index (χ3n) is 5.08. The minimum atomic E-state index is -0.0797. The Morgan fingerprint density at radius 2 is 2.26 bits per heavy atom. The summed E-state index contributed by atoms with van der Waals surface area (Å²) >= 11 is 0. The molecule has 27 heavy (non-hydrogen) atoms. The van der Waals surface area contributed by atoms with Crippen molar-refractivity contribution in [2.45, 2.75) is 38.6 Å². The minimum absolute atomic E-state index is 0.0797. The molecule has 142 valence electrons. The highest BCUT2D eigenvalue weighted by Gasteiger charge is 2.30. The van der Waals surface area contributed by atoms with Crippen LogP contribution in [0.1, 0.15) is 53.6 Å². The number of hydrogen-bond donors (Lipinski definition) is 0. The van der Waals surface area contributed by atoms with E-state index < -0.39 is 0 Å². The molecule has 3 aromatic rings. The van der Waals surface area contributed by atoms with Crippen LogP contribution < -0.4 is 0 Å². The van der Waals surface area contributed by atoms with Crippen LogP contribution in [0.2, 0.25) is 0 Å². The maximum Gasteiger partial charge on any atom is 0.276 e. The molecule has 4 heterocycles. The number of carbonyl (C=O) groups excluding carboxylic acids is 1. The van der Waals surface area contributed by atoms with Gasteiger partial charge < -0.3 is 18.6 Å². The zero-order chi connectivity index (χ0) is 18.8. The number of piperidine rings is 1. The van der Waals surface area contributed by atoms with Crippen molar-refractivity contribution < 1.29 is 9.32 Å². The second-order valence-electron chi connectivity index (χ2n) is 6.89. The van der Waals surface area contributed by atoms with Gasteiger partial charge in [0.05, 0.1) is 12.9 Å². The molecule has 4 rings (SSSR count). The zero-order valence-electron chi connectivity index (χ0n) is 15.6. The monoisotopic (exact) mass is 369 g/mol. The van der Waals surface area contributed by atoms with Gasteiger partial charge in [-0.2, -0.15) is 0 Å². The fourth-order valence-corrected chi connectivity index (χ4v) is 3.53. The van der Waals surface area contributed by atoms with Crippen molar-refractivity contribution in [2.75, 3.05) is 13.1 Å². The van der Waals surface area contributed by atoms with Gasteiger partial charge in [-0.3, -0.25) is 4.79 Å². The van der Waals surface area contributed by atoms with Crippen molar-refractivity contribution in [3.8, 4) is 0 Å². The quantitative estimate of drug-likeness (QED) is 0.678. The standard InChI is InChI=1S/C18H23N7O2/c1-3-14-9-15(22-27-14)18(26)25-7-4-5-13(10-25)17-21-20-16(23(17)2)11-24-8-6-19-12-24/h6,8-9,12-13H,3-5,7,10-11H2,1-2H3/t13-/m1/s1. The first-order chi connectivity index (χ1) is 13.2. The first-order valence-corrected chi connectivity index (χ1v) is 9.24. The lowest BCUT2D eigenvalue weighted by Gasteiger charge is -2.31. The molecular formula is C18H23N7O2. The Balaban J connectivity index is 1.48. The van der Waals surface area contributed by atoms with E-state index in [2.05, 4.69) is 20.3 Å². The van der Waals surface area contributed by atoms with Gasteiger partial charge in [-0.1, -0.05) is 12.1 Å². The van der Waals surface area contributed by atoms with Crippen molar-refractivity contribution in [3.05, 3.63) is 47.9 Å². The number of likely N-dealkylation sites (tertiary alicyclic amines) is 1. The van der Waals surface area contributed by atoms with E-state index in [0.717, 1.165) is 43.2 Å². The van der Waals surface area contributed by atoms with Crippen LogP contribution in [-0.4, -0.2) is 53.4 Å². The number of imidazole rings is 1. The van der Waals surface area contributed by atoms with Gasteiger partial charge in [0.15, 0.2) is 11.5 Å². The summed E-state index contributed by atoms with van der Waals surface area (Å²) in [5.74, 6) is 2.59. The van der Waals surface area contributed by atoms with Gasteiger partial charge in [0, 0.05) is 50.9 Å². The molecule has 0 bridgehead atoms. The fourth-order valence-electron chi connectivity index (χ4n) is 3.53. The predicted molar refractivity (Wildman–Crippen MR) is 96.1 cm³/mol. The van der Waals surface area contributed by atoms with Gasteiger partial charge in [0.25, 0.3) is 5.91 Å². The summed E-state index contributed by atoms with van der Waals surface area (Å²) in [6.07, 6.45) is 8.05. The van der Waals surface area contributed by atoms with Gasteiger partial charge in [0.2, 0.25) is 0 Å². The molecule has 1 aliphatic heterocycles. The topological polar surface area (TPSA) is 94.9 Å². The summed E-state index contributed by atoms with van der Waals surface area (Å²) in [7, 11) is 1.98. The van der Waals surface area contributed by atoms with Crippen molar-refractivity contribution in [1.82, 2.24) is 34.4 Å². The van der Waals surface area contributed by atoms with Gasteiger partial charge in [-0.15, -0.1) is 10.2 Å². The molecule has 9 nitrogen and oxygen atoms in total. The molecule has 1 atom stereocenters. The predicted octanol–water partition coefficient (Wildman–Crippen LogP) is 1.63. The van der Waals surface area contributed by atoms with Crippen LogP contribution in [-0.2, 0) is 20.0 Å². The third-order valence-corrected chi connectivity index (χ3v) is 5.08. The average Bonchev–Trinajstić information content (AvgIpc) is 3.44. The van der Waals surface area contributed by atoms with E-state index in [1.54, 1.807) is 18.6 Å². The van der Waals surface area contributed by atoms with Gasteiger partial charge in [-0.05, 0) is 12.8 Å². The van der Waals surface area contributed by atoms with Gasteiger partial charge in [-0.25, -0.2) is 4.98 Å². The fraction of sp³-hybridized carbons (Fsp3) is 0.500. The largest absolute Gasteiger partial charge is 0.361 e. The second-order valence-corrected chi connectivity index (χ2v) is 6.89. The second kappa shape index (κ2) is 7.34. The highest BCUT2D eigenvalue weighted by molar-refractivity contribution is 5.92. The number of aromatic nitrogens is 6. The number of nitrogens with zero attached hydrogens (tertiary/aromatic N) is 7. The van der Waals surface area contributed by atoms with E-state index in [9.17, 15) is 4.79 Å². The van der Waals surface area contributed by atoms with Gasteiger partial charge >= 0.3 is 0 Å². The minimum Gasteiger partial charge on any atom is -0.361 e. The summed E-state index contributed by atoms with van der Waals surface area (Å²) < 4.78 is 9.17. The molecule has 0 aromatic carbocycles. The van der Waals surface area contributed by atoms with Crippen molar-refractivity contribution in [1.29, 1.82) is 0 Å². The van der Waals surface area contributed by atoms with Crippen LogP contribution >= 0.6 is 0 Å². The van der Waals surface area contributed by atoms with E-state index in [0.29, 0.717) is 18.8 Å². The highest BCUT2D eigenvalue weighted by atomic mass is 16.5. The Kier molecular flexibility index (Phi) is 4.74. The number of carbonyl (C=O) groups is 1. The average molecular weight is 369 g/mol.